The van der Waals surface area contributed by atoms with Gasteiger partial charge in [0.2, 0.25) is 5.91 Å². The first-order valence-corrected chi connectivity index (χ1v) is 7.01. The van der Waals surface area contributed by atoms with Gasteiger partial charge >= 0.3 is 0 Å². The third kappa shape index (κ3) is 2.05. The summed E-state index contributed by atoms with van der Waals surface area (Å²) in [4.78, 5) is 12.4. The third-order valence-electron chi connectivity index (χ3n) is 4.73. The van der Waals surface area contributed by atoms with Crippen LogP contribution in [-0.2, 0) is 4.79 Å². The summed E-state index contributed by atoms with van der Waals surface area (Å²) < 4.78 is 0. The highest BCUT2D eigenvalue weighted by atomic mass is 16.1. The topological polar surface area (TPSA) is 29.1 Å². The van der Waals surface area contributed by atoms with Crippen molar-refractivity contribution in [3.8, 4) is 0 Å². The fraction of sp³-hybridized carbons (Fsp3) is 0.562. The predicted octanol–water partition coefficient (Wildman–Crippen LogP) is 3.68. The van der Waals surface area contributed by atoms with Gasteiger partial charge in [0.25, 0.3) is 0 Å². The second kappa shape index (κ2) is 4.42. The Hall–Kier alpha value is -1.31. The van der Waals surface area contributed by atoms with E-state index in [0.717, 1.165) is 23.6 Å². The molecule has 2 nitrogen and oxygen atoms in total. The molecule has 2 aliphatic carbocycles. The Kier molecular flexibility index (Phi) is 2.89. The minimum absolute atomic E-state index is 0.246. The van der Waals surface area contributed by atoms with Crippen molar-refractivity contribution in [2.24, 2.45) is 17.8 Å². The number of rotatable bonds is 2. The lowest BCUT2D eigenvalue weighted by Crippen LogP contribution is -2.27. The van der Waals surface area contributed by atoms with Gasteiger partial charge in [-0.25, -0.2) is 0 Å². The SMILES string of the molecule is Cc1ccc(C)c(NC(=O)[C@@H]2C[C@H]3CC[C@@H]2C3)c1. The number of hydrogen-bond acceptors (Lipinski definition) is 1. The number of anilines is 1. The molecule has 2 fully saturated rings. The van der Waals surface area contributed by atoms with Crippen molar-refractivity contribution < 1.29 is 4.79 Å². The molecular formula is C16H21NO. The summed E-state index contributed by atoms with van der Waals surface area (Å²) in [6.45, 7) is 4.11. The van der Waals surface area contributed by atoms with Crippen LogP contribution in [0.25, 0.3) is 0 Å². The number of aryl methyl sites for hydroxylation is 2. The van der Waals surface area contributed by atoms with Crippen molar-refractivity contribution in [3.63, 3.8) is 0 Å². The largest absolute Gasteiger partial charge is 0.326 e. The quantitative estimate of drug-likeness (QED) is 0.843. The molecule has 2 bridgehead atoms. The van der Waals surface area contributed by atoms with Gasteiger partial charge in [-0.15, -0.1) is 0 Å². The summed E-state index contributed by atoms with van der Waals surface area (Å²) in [5.74, 6) is 1.99. The van der Waals surface area contributed by atoms with Crippen molar-refractivity contribution in [2.75, 3.05) is 5.32 Å². The fourth-order valence-corrected chi connectivity index (χ4v) is 3.66. The predicted molar refractivity (Wildman–Crippen MR) is 73.5 cm³/mol. The highest BCUT2D eigenvalue weighted by molar-refractivity contribution is 5.93. The molecule has 0 heterocycles. The molecule has 0 unspecified atom stereocenters. The zero-order valence-corrected chi connectivity index (χ0v) is 11.2. The van der Waals surface area contributed by atoms with E-state index in [-0.39, 0.29) is 11.8 Å². The molecule has 0 saturated heterocycles. The molecule has 0 spiro atoms. The molecule has 2 aliphatic rings. The van der Waals surface area contributed by atoms with Gasteiger partial charge in [0.05, 0.1) is 0 Å². The van der Waals surface area contributed by atoms with Gasteiger partial charge in [-0.2, -0.15) is 0 Å². The molecule has 2 saturated carbocycles. The Labute approximate surface area is 109 Å². The maximum atomic E-state index is 12.4. The second-order valence-electron chi connectivity index (χ2n) is 6.09. The lowest BCUT2D eigenvalue weighted by atomic mass is 9.88. The molecule has 1 aromatic rings. The van der Waals surface area contributed by atoms with Crippen LogP contribution in [-0.4, -0.2) is 5.91 Å². The van der Waals surface area contributed by atoms with Gasteiger partial charge in [0.15, 0.2) is 0 Å². The van der Waals surface area contributed by atoms with Gasteiger partial charge in [-0.1, -0.05) is 18.6 Å². The summed E-state index contributed by atoms with van der Waals surface area (Å²) in [5, 5.41) is 3.14. The Morgan fingerprint density at radius 1 is 1.22 bits per heavy atom. The number of fused-ring (bicyclic) bond motifs is 2. The minimum atomic E-state index is 0.246. The van der Waals surface area contributed by atoms with E-state index in [0.29, 0.717) is 5.92 Å². The van der Waals surface area contributed by atoms with Gasteiger partial charge in [-0.05, 0) is 62.1 Å². The van der Waals surface area contributed by atoms with E-state index in [4.69, 9.17) is 0 Å². The van der Waals surface area contributed by atoms with Crippen LogP contribution in [0, 0.1) is 31.6 Å². The van der Waals surface area contributed by atoms with Crippen LogP contribution in [0.5, 0.6) is 0 Å². The number of hydrogen-bond donors (Lipinski definition) is 1. The Morgan fingerprint density at radius 2 is 2.06 bits per heavy atom. The summed E-state index contributed by atoms with van der Waals surface area (Å²) in [6, 6.07) is 6.23. The highest BCUT2D eigenvalue weighted by Crippen LogP contribution is 2.48. The van der Waals surface area contributed by atoms with Crippen molar-refractivity contribution in [1.82, 2.24) is 0 Å². The van der Waals surface area contributed by atoms with E-state index in [1.807, 2.05) is 0 Å². The average molecular weight is 243 g/mol. The summed E-state index contributed by atoms with van der Waals surface area (Å²) in [6.07, 6.45) is 5.00. The van der Waals surface area contributed by atoms with Crippen LogP contribution in [0.3, 0.4) is 0 Å². The summed E-state index contributed by atoms with van der Waals surface area (Å²) in [7, 11) is 0. The zero-order valence-electron chi connectivity index (χ0n) is 11.2. The number of amides is 1. The lowest BCUT2D eigenvalue weighted by Gasteiger charge is -2.21. The Bertz CT molecular complexity index is 480. The molecule has 0 aliphatic heterocycles. The van der Waals surface area contributed by atoms with Crippen molar-refractivity contribution in [1.29, 1.82) is 0 Å². The maximum Gasteiger partial charge on any atom is 0.227 e. The maximum absolute atomic E-state index is 12.4. The van der Waals surface area contributed by atoms with E-state index < -0.39 is 0 Å². The van der Waals surface area contributed by atoms with Crippen molar-refractivity contribution >= 4 is 11.6 Å². The van der Waals surface area contributed by atoms with Crippen LogP contribution >= 0.6 is 0 Å². The van der Waals surface area contributed by atoms with Crippen molar-refractivity contribution in [3.05, 3.63) is 29.3 Å². The van der Waals surface area contributed by atoms with Gasteiger partial charge in [0.1, 0.15) is 0 Å². The Balaban J connectivity index is 1.72. The zero-order chi connectivity index (χ0) is 12.7. The number of carbonyl (C=O) groups excluding carboxylic acids is 1. The molecule has 1 N–H and O–H groups in total. The molecule has 1 aromatic carbocycles. The van der Waals surface area contributed by atoms with Gasteiger partial charge in [0, 0.05) is 11.6 Å². The standard InChI is InChI=1S/C16H21NO/c1-10-3-4-11(2)15(7-10)17-16(18)14-9-12-5-6-13(14)8-12/h3-4,7,12-14H,5-6,8-9H2,1-2H3,(H,17,18)/t12-,13+,14+/m0/s1. The number of carbonyl (C=O) groups is 1. The number of benzene rings is 1. The molecule has 3 rings (SSSR count). The smallest absolute Gasteiger partial charge is 0.227 e. The third-order valence-corrected chi connectivity index (χ3v) is 4.73. The molecule has 3 atom stereocenters. The summed E-state index contributed by atoms with van der Waals surface area (Å²) >= 11 is 0. The van der Waals surface area contributed by atoms with E-state index >= 15 is 0 Å². The Morgan fingerprint density at radius 3 is 2.72 bits per heavy atom. The molecule has 96 valence electrons. The monoisotopic (exact) mass is 243 g/mol. The first-order chi connectivity index (χ1) is 8.63. The van der Waals surface area contributed by atoms with Crippen LogP contribution in [0.2, 0.25) is 0 Å². The van der Waals surface area contributed by atoms with Crippen LogP contribution < -0.4 is 5.32 Å². The van der Waals surface area contributed by atoms with Gasteiger partial charge < -0.3 is 5.32 Å². The van der Waals surface area contributed by atoms with E-state index in [1.165, 1.54) is 24.8 Å². The van der Waals surface area contributed by atoms with Crippen LogP contribution in [0.15, 0.2) is 18.2 Å². The average Bonchev–Trinajstić information content (AvgIpc) is 2.96. The molecule has 1 amide bonds. The van der Waals surface area contributed by atoms with Crippen LogP contribution in [0.4, 0.5) is 5.69 Å². The minimum Gasteiger partial charge on any atom is -0.326 e. The van der Waals surface area contributed by atoms with E-state index in [1.54, 1.807) is 0 Å². The number of nitrogens with one attached hydrogen (secondary N) is 1. The van der Waals surface area contributed by atoms with E-state index in [2.05, 4.69) is 37.4 Å². The van der Waals surface area contributed by atoms with Crippen LogP contribution in [0.1, 0.15) is 36.8 Å². The molecule has 2 heteroatoms. The molecular weight excluding hydrogens is 222 g/mol. The molecule has 18 heavy (non-hydrogen) atoms. The second-order valence-corrected chi connectivity index (χ2v) is 6.09. The normalized spacial score (nSPS) is 29.6. The molecule has 0 radical (unpaired) electrons. The summed E-state index contributed by atoms with van der Waals surface area (Å²) in [5.41, 5.74) is 3.34. The lowest BCUT2D eigenvalue weighted by molar-refractivity contribution is -0.121. The van der Waals surface area contributed by atoms with E-state index in [9.17, 15) is 4.79 Å². The first kappa shape index (κ1) is 11.8. The van der Waals surface area contributed by atoms with Crippen molar-refractivity contribution in [2.45, 2.75) is 39.5 Å². The van der Waals surface area contributed by atoms with Gasteiger partial charge in [-0.3, -0.25) is 4.79 Å². The highest BCUT2D eigenvalue weighted by Gasteiger charge is 2.43. The molecule has 0 aromatic heterocycles. The first-order valence-electron chi connectivity index (χ1n) is 7.01. The fourth-order valence-electron chi connectivity index (χ4n) is 3.66.